The fourth-order valence-electron chi connectivity index (χ4n) is 2.88. The number of likely N-dealkylation sites (N-methyl/N-ethyl adjacent to an activating group) is 1. The average molecular weight is 547 g/mol. The first-order chi connectivity index (χ1) is 14.0. The third kappa shape index (κ3) is 8.95. The van der Waals surface area contributed by atoms with Gasteiger partial charge in [-0.25, -0.2) is 0 Å². The minimum absolute atomic E-state index is 0. The van der Waals surface area contributed by atoms with Gasteiger partial charge < -0.3 is 19.5 Å². The van der Waals surface area contributed by atoms with Gasteiger partial charge in [0.05, 0.1) is 6.54 Å². The monoisotopic (exact) mass is 546 g/mol. The van der Waals surface area contributed by atoms with Gasteiger partial charge in [0.1, 0.15) is 12.4 Å². The van der Waals surface area contributed by atoms with Gasteiger partial charge >= 0.3 is 0 Å². The van der Waals surface area contributed by atoms with E-state index in [0.717, 1.165) is 43.3 Å². The Morgan fingerprint density at radius 3 is 2.60 bits per heavy atom. The van der Waals surface area contributed by atoms with Gasteiger partial charge in [0, 0.05) is 43.5 Å². The molecule has 6 nitrogen and oxygen atoms in total. The van der Waals surface area contributed by atoms with Crippen LogP contribution in [0.5, 0.6) is 5.75 Å². The van der Waals surface area contributed by atoms with Crippen molar-refractivity contribution in [2.45, 2.75) is 33.2 Å². The number of nitrogens with zero attached hydrogens (tertiary/aromatic N) is 3. The number of aromatic nitrogens is 1. The molecule has 1 N–H and O–H groups in total. The molecule has 166 valence electrons. The van der Waals surface area contributed by atoms with E-state index in [1.165, 1.54) is 0 Å². The molecule has 0 aliphatic heterocycles. The average Bonchev–Trinajstić information content (AvgIpc) is 2.70. The van der Waals surface area contributed by atoms with E-state index < -0.39 is 0 Å². The van der Waals surface area contributed by atoms with E-state index in [4.69, 9.17) is 21.3 Å². The quantitative estimate of drug-likeness (QED) is 0.210. The third-order valence-corrected chi connectivity index (χ3v) is 4.78. The number of aliphatic imine (C=N–C) groups is 1. The number of guanidine groups is 1. The molecule has 2 aromatic rings. The highest BCUT2D eigenvalue weighted by molar-refractivity contribution is 14.0. The van der Waals surface area contributed by atoms with Crippen LogP contribution in [-0.4, -0.2) is 48.7 Å². The summed E-state index contributed by atoms with van der Waals surface area (Å²) in [5, 5.41) is 4.01. The van der Waals surface area contributed by atoms with E-state index in [-0.39, 0.29) is 29.5 Å². The highest BCUT2D eigenvalue weighted by Gasteiger charge is 2.06. The van der Waals surface area contributed by atoms with Crippen LogP contribution < -0.4 is 15.6 Å². The summed E-state index contributed by atoms with van der Waals surface area (Å²) >= 11 is 5.89. The second kappa shape index (κ2) is 14.3. The highest BCUT2D eigenvalue weighted by Crippen LogP contribution is 2.15. The molecule has 2 rings (SSSR count). The zero-order chi connectivity index (χ0) is 21.1. The van der Waals surface area contributed by atoms with Crippen LogP contribution in [-0.2, 0) is 6.54 Å². The van der Waals surface area contributed by atoms with E-state index >= 15 is 0 Å². The molecule has 0 saturated carbocycles. The largest absolute Gasteiger partial charge is 0.492 e. The summed E-state index contributed by atoms with van der Waals surface area (Å²) < 4.78 is 7.57. The number of pyridine rings is 1. The Kier molecular flexibility index (Phi) is 12.5. The lowest BCUT2D eigenvalue weighted by atomic mass is 10.3. The normalized spacial score (nSPS) is 11.0. The number of rotatable bonds is 10. The number of benzene rings is 1. The Hall–Kier alpha value is -1.74. The van der Waals surface area contributed by atoms with Crippen LogP contribution in [0.15, 0.2) is 52.3 Å². The molecule has 0 atom stereocenters. The Morgan fingerprint density at radius 2 is 1.93 bits per heavy atom. The number of nitrogens with one attached hydrogen (secondary N) is 1. The summed E-state index contributed by atoms with van der Waals surface area (Å²) in [5.74, 6) is 1.66. The molecule has 0 spiro atoms. The number of halogens is 2. The first kappa shape index (κ1) is 26.3. The highest BCUT2D eigenvalue weighted by atomic mass is 127. The van der Waals surface area contributed by atoms with Crippen LogP contribution >= 0.6 is 35.6 Å². The molecule has 0 aliphatic rings. The SMILES string of the molecule is CCNC(=NCCCCn1c(C)cccc1=O)N(C)CCOc1ccc(Cl)cc1.I. The van der Waals surface area contributed by atoms with Gasteiger partial charge in [0.2, 0.25) is 0 Å². The summed E-state index contributed by atoms with van der Waals surface area (Å²) in [7, 11) is 2.00. The van der Waals surface area contributed by atoms with Gasteiger partial charge in [-0.2, -0.15) is 0 Å². The maximum atomic E-state index is 11.9. The predicted molar refractivity (Wildman–Crippen MR) is 136 cm³/mol. The molecule has 0 radical (unpaired) electrons. The molecule has 1 aromatic heterocycles. The summed E-state index contributed by atoms with van der Waals surface area (Å²) in [6.07, 6.45) is 1.84. The van der Waals surface area contributed by atoms with Crippen molar-refractivity contribution < 1.29 is 4.74 Å². The standard InChI is InChI=1S/C22H31ClN4O2.HI/c1-4-24-22(26(3)16-17-29-20-12-10-19(23)11-13-20)25-14-5-6-15-27-18(2)8-7-9-21(27)28;/h7-13H,4-6,14-17H2,1-3H3,(H,24,25);1H. The fourth-order valence-corrected chi connectivity index (χ4v) is 3.01. The van der Waals surface area contributed by atoms with E-state index in [0.29, 0.717) is 24.7 Å². The molecule has 1 aromatic carbocycles. The first-order valence-corrected chi connectivity index (χ1v) is 10.4. The lowest BCUT2D eigenvalue weighted by Gasteiger charge is -2.22. The molecule has 1 heterocycles. The van der Waals surface area contributed by atoms with Crippen molar-refractivity contribution in [2.75, 3.05) is 33.3 Å². The van der Waals surface area contributed by atoms with Crippen molar-refractivity contribution >= 4 is 41.5 Å². The van der Waals surface area contributed by atoms with Crippen molar-refractivity contribution in [3.8, 4) is 5.75 Å². The van der Waals surface area contributed by atoms with Crippen LogP contribution in [0, 0.1) is 6.92 Å². The lowest BCUT2D eigenvalue weighted by molar-refractivity contribution is 0.281. The summed E-state index contributed by atoms with van der Waals surface area (Å²) in [6, 6.07) is 12.7. The van der Waals surface area contributed by atoms with Gasteiger partial charge in [-0.3, -0.25) is 9.79 Å². The van der Waals surface area contributed by atoms with Crippen molar-refractivity contribution in [3.05, 3.63) is 63.5 Å². The maximum absolute atomic E-state index is 11.9. The zero-order valence-corrected chi connectivity index (χ0v) is 21.0. The Labute approximate surface area is 201 Å². The molecular weight excluding hydrogens is 515 g/mol. The fraction of sp³-hybridized carbons (Fsp3) is 0.455. The van der Waals surface area contributed by atoms with Crippen LogP contribution in [0.25, 0.3) is 0 Å². The zero-order valence-electron chi connectivity index (χ0n) is 17.9. The van der Waals surface area contributed by atoms with Crippen LogP contribution in [0.1, 0.15) is 25.5 Å². The smallest absolute Gasteiger partial charge is 0.250 e. The number of unbranched alkanes of at least 4 members (excludes halogenated alkanes) is 1. The molecule has 30 heavy (non-hydrogen) atoms. The van der Waals surface area contributed by atoms with Crippen LogP contribution in [0.2, 0.25) is 5.02 Å². The summed E-state index contributed by atoms with van der Waals surface area (Å²) in [4.78, 5) is 18.7. The Bertz CT molecular complexity index is 840. The van der Waals surface area contributed by atoms with Crippen molar-refractivity contribution in [2.24, 2.45) is 4.99 Å². The lowest BCUT2D eigenvalue weighted by Crippen LogP contribution is -2.41. The minimum Gasteiger partial charge on any atom is -0.492 e. The van der Waals surface area contributed by atoms with E-state index in [9.17, 15) is 4.79 Å². The van der Waals surface area contributed by atoms with E-state index in [1.807, 2.05) is 48.9 Å². The molecule has 0 fully saturated rings. The van der Waals surface area contributed by atoms with Gasteiger partial charge in [0.25, 0.3) is 5.56 Å². The second-order valence-electron chi connectivity index (χ2n) is 6.82. The predicted octanol–water partition coefficient (Wildman–Crippen LogP) is 4.18. The number of hydrogen-bond acceptors (Lipinski definition) is 3. The molecule has 0 unspecified atom stereocenters. The third-order valence-electron chi connectivity index (χ3n) is 4.52. The van der Waals surface area contributed by atoms with Crippen LogP contribution in [0.3, 0.4) is 0 Å². The van der Waals surface area contributed by atoms with E-state index in [1.54, 1.807) is 12.1 Å². The second-order valence-corrected chi connectivity index (χ2v) is 7.26. The minimum atomic E-state index is 0. The van der Waals surface area contributed by atoms with Crippen LogP contribution in [0.4, 0.5) is 0 Å². The first-order valence-electron chi connectivity index (χ1n) is 10.1. The van der Waals surface area contributed by atoms with Gasteiger partial charge in [-0.1, -0.05) is 17.7 Å². The van der Waals surface area contributed by atoms with E-state index in [2.05, 4.69) is 17.1 Å². The molecule has 0 aliphatic carbocycles. The van der Waals surface area contributed by atoms with Crippen molar-refractivity contribution in [3.63, 3.8) is 0 Å². The maximum Gasteiger partial charge on any atom is 0.250 e. The molecule has 8 heteroatoms. The number of aryl methyl sites for hydroxylation is 1. The molecule has 0 amide bonds. The molecule has 0 saturated heterocycles. The van der Waals surface area contributed by atoms with Gasteiger partial charge in [-0.15, -0.1) is 24.0 Å². The summed E-state index contributed by atoms with van der Waals surface area (Å²) in [5.41, 5.74) is 1.05. The number of ether oxygens (including phenoxy) is 1. The summed E-state index contributed by atoms with van der Waals surface area (Å²) in [6.45, 7) is 7.53. The topological polar surface area (TPSA) is 58.9 Å². The number of hydrogen-bond donors (Lipinski definition) is 1. The van der Waals surface area contributed by atoms with Gasteiger partial charge in [-0.05, 0) is 57.0 Å². The van der Waals surface area contributed by atoms with Crippen molar-refractivity contribution in [1.29, 1.82) is 0 Å². The Morgan fingerprint density at radius 1 is 1.20 bits per heavy atom. The Balaban J connectivity index is 0.00000450. The van der Waals surface area contributed by atoms with Gasteiger partial charge in [0.15, 0.2) is 5.96 Å². The van der Waals surface area contributed by atoms with Crippen molar-refractivity contribution in [1.82, 2.24) is 14.8 Å². The molecular formula is C22H32ClIN4O2. The molecule has 0 bridgehead atoms.